The molecule has 0 atom stereocenters. The molecule has 1 aromatic heterocycles. The van der Waals surface area contributed by atoms with Gasteiger partial charge in [-0.1, -0.05) is 13.0 Å². The Hall–Kier alpha value is -1.09. The van der Waals surface area contributed by atoms with Crippen molar-refractivity contribution in [3.05, 3.63) is 28.5 Å². The molecule has 0 saturated carbocycles. The Morgan fingerprint density at radius 3 is 2.69 bits per heavy atom. The average Bonchev–Trinajstić information content (AvgIpc) is 2.54. The summed E-state index contributed by atoms with van der Waals surface area (Å²) in [4.78, 5) is 3.27. The van der Waals surface area contributed by atoms with Crippen LogP contribution in [0.1, 0.15) is 32.8 Å². The number of hydrogen-bond donors (Lipinski definition) is 1. The molecule has 0 saturated heterocycles. The monoisotopic (exact) mass is 234 g/mol. The van der Waals surface area contributed by atoms with E-state index < -0.39 is 0 Å². The number of nitrogens with zero attached hydrogens (tertiary/aromatic N) is 1. The van der Waals surface area contributed by atoms with Crippen molar-refractivity contribution in [2.75, 3.05) is 0 Å². The predicted molar refractivity (Wildman–Crippen MR) is 71.5 cm³/mol. The third-order valence-corrected chi connectivity index (χ3v) is 3.59. The van der Waals surface area contributed by atoms with Gasteiger partial charge in [0.15, 0.2) is 4.77 Å². The summed E-state index contributed by atoms with van der Waals surface area (Å²) in [5.41, 5.74) is 3.65. The highest BCUT2D eigenvalue weighted by Crippen LogP contribution is 2.26. The molecule has 0 amide bonds. The summed E-state index contributed by atoms with van der Waals surface area (Å²) >= 11 is 5.42. The molecule has 0 aliphatic carbocycles. The van der Waals surface area contributed by atoms with Crippen molar-refractivity contribution in [3.8, 4) is 0 Å². The van der Waals surface area contributed by atoms with Crippen LogP contribution in [0.2, 0.25) is 0 Å². The number of nitrogens with one attached hydrogen (secondary N) is 1. The Kier molecular flexibility index (Phi) is 2.66. The predicted octanol–water partition coefficient (Wildman–Crippen LogP) is 4.15. The van der Waals surface area contributed by atoms with E-state index in [1.165, 1.54) is 11.1 Å². The SMILES string of the molecule is CCC(C)(C)n1c(=S)[nH]c2ccc(C)cc21. The van der Waals surface area contributed by atoms with Gasteiger partial charge in [-0.25, -0.2) is 0 Å². The van der Waals surface area contributed by atoms with E-state index in [0.29, 0.717) is 0 Å². The van der Waals surface area contributed by atoms with Crippen molar-refractivity contribution in [1.29, 1.82) is 0 Å². The van der Waals surface area contributed by atoms with Gasteiger partial charge in [0, 0.05) is 5.54 Å². The standard InChI is InChI=1S/C13H18N2S/c1-5-13(3,4)15-11-8-9(2)6-7-10(11)14-12(15)16/h6-8H,5H2,1-4H3,(H,14,16). The number of aromatic amines is 1. The summed E-state index contributed by atoms with van der Waals surface area (Å²) < 4.78 is 3.04. The molecule has 2 rings (SSSR count). The van der Waals surface area contributed by atoms with Gasteiger partial charge in [0.05, 0.1) is 11.0 Å². The molecular formula is C13H18N2S. The topological polar surface area (TPSA) is 20.7 Å². The summed E-state index contributed by atoms with van der Waals surface area (Å²) in [5.74, 6) is 0. The number of aromatic nitrogens is 2. The second-order valence-corrected chi connectivity index (χ2v) is 5.34. The molecule has 0 radical (unpaired) electrons. The van der Waals surface area contributed by atoms with Crippen LogP contribution in [0.15, 0.2) is 18.2 Å². The molecule has 1 heterocycles. The molecule has 1 N–H and O–H groups in total. The molecule has 0 aliphatic heterocycles. The van der Waals surface area contributed by atoms with Crippen LogP contribution in [-0.4, -0.2) is 9.55 Å². The average molecular weight is 234 g/mol. The van der Waals surface area contributed by atoms with Gasteiger partial charge in [-0.2, -0.15) is 0 Å². The van der Waals surface area contributed by atoms with Gasteiger partial charge in [-0.15, -0.1) is 0 Å². The zero-order chi connectivity index (χ0) is 11.9. The minimum absolute atomic E-state index is 0.0587. The van der Waals surface area contributed by atoms with Crippen LogP contribution in [0.3, 0.4) is 0 Å². The van der Waals surface area contributed by atoms with Crippen LogP contribution < -0.4 is 0 Å². The lowest BCUT2D eigenvalue weighted by atomic mass is 10.0. The smallest absolute Gasteiger partial charge is 0.178 e. The van der Waals surface area contributed by atoms with E-state index in [0.717, 1.165) is 16.7 Å². The maximum Gasteiger partial charge on any atom is 0.178 e. The summed E-state index contributed by atoms with van der Waals surface area (Å²) in [6, 6.07) is 6.40. The van der Waals surface area contributed by atoms with Gasteiger partial charge < -0.3 is 9.55 Å². The quantitative estimate of drug-likeness (QED) is 0.774. The van der Waals surface area contributed by atoms with E-state index in [9.17, 15) is 0 Å². The first-order valence-corrected chi connectivity index (χ1v) is 6.08. The van der Waals surface area contributed by atoms with Gasteiger partial charge in [0.2, 0.25) is 0 Å². The fourth-order valence-electron chi connectivity index (χ4n) is 1.97. The minimum Gasteiger partial charge on any atom is -0.331 e. The third kappa shape index (κ3) is 1.69. The van der Waals surface area contributed by atoms with Gasteiger partial charge in [-0.05, 0) is 57.1 Å². The molecule has 1 aromatic carbocycles. The highest BCUT2D eigenvalue weighted by molar-refractivity contribution is 7.71. The highest BCUT2D eigenvalue weighted by Gasteiger charge is 2.21. The highest BCUT2D eigenvalue weighted by atomic mass is 32.1. The number of hydrogen-bond acceptors (Lipinski definition) is 1. The molecular weight excluding hydrogens is 216 g/mol. The first-order valence-electron chi connectivity index (χ1n) is 5.67. The van der Waals surface area contributed by atoms with Crippen molar-refractivity contribution in [1.82, 2.24) is 9.55 Å². The molecule has 0 unspecified atom stereocenters. The van der Waals surface area contributed by atoms with Crippen LogP contribution in [0, 0.1) is 11.7 Å². The van der Waals surface area contributed by atoms with E-state index >= 15 is 0 Å². The van der Waals surface area contributed by atoms with Crippen molar-refractivity contribution in [2.45, 2.75) is 39.7 Å². The lowest BCUT2D eigenvalue weighted by Crippen LogP contribution is -2.25. The van der Waals surface area contributed by atoms with Crippen LogP contribution in [-0.2, 0) is 5.54 Å². The Morgan fingerprint density at radius 2 is 2.06 bits per heavy atom. The zero-order valence-corrected chi connectivity index (χ0v) is 11.1. The number of H-pyrrole nitrogens is 1. The van der Waals surface area contributed by atoms with E-state index in [-0.39, 0.29) is 5.54 Å². The van der Waals surface area contributed by atoms with Crippen LogP contribution in [0.25, 0.3) is 11.0 Å². The normalized spacial score (nSPS) is 12.2. The van der Waals surface area contributed by atoms with Crippen molar-refractivity contribution >= 4 is 23.3 Å². The van der Waals surface area contributed by atoms with Gasteiger partial charge >= 0.3 is 0 Å². The van der Waals surface area contributed by atoms with E-state index in [1.54, 1.807) is 0 Å². The van der Waals surface area contributed by atoms with Gasteiger partial charge in [0.1, 0.15) is 0 Å². The Labute approximate surface area is 101 Å². The van der Waals surface area contributed by atoms with Gasteiger partial charge in [0.25, 0.3) is 0 Å². The van der Waals surface area contributed by atoms with E-state index in [1.807, 2.05) is 0 Å². The van der Waals surface area contributed by atoms with Crippen molar-refractivity contribution < 1.29 is 0 Å². The molecule has 0 bridgehead atoms. The zero-order valence-electron chi connectivity index (χ0n) is 10.3. The summed E-state index contributed by atoms with van der Waals surface area (Å²) in [7, 11) is 0. The second kappa shape index (κ2) is 3.74. The molecule has 3 heteroatoms. The third-order valence-electron chi connectivity index (χ3n) is 3.31. The Bertz CT molecular complexity index is 575. The van der Waals surface area contributed by atoms with Gasteiger partial charge in [-0.3, -0.25) is 0 Å². The number of fused-ring (bicyclic) bond motifs is 1. The molecule has 0 fully saturated rings. The first kappa shape index (κ1) is 11.4. The fourth-order valence-corrected chi connectivity index (χ4v) is 2.43. The summed E-state index contributed by atoms with van der Waals surface area (Å²) in [6.07, 6.45) is 1.06. The molecule has 2 nitrogen and oxygen atoms in total. The van der Waals surface area contributed by atoms with E-state index in [2.05, 4.69) is 55.4 Å². The van der Waals surface area contributed by atoms with Crippen molar-refractivity contribution in [2.24, 2.45) is 0 Å². The number of benzene rings is 1. The maximum atomic E-state index is 5.42. The minimum atomic E-state index is 0.0587. The Balaban J connectivity index is 2.83. The second-order valence-electron chi connectivity index (χ2n) is 4.95. The number of rotatable bonds is 2. The van der Waals surface area contributed by atoms with E-state index in [4.69, 9.17) is 12.2 Å². The molecule has 16 heavy (non-hydrogen) atoms. The van der Waals surface area contributed by atoms with Crippen LogP contribution >= 0.6 is 12.2 Å². The molecule has 86 valence electrons. The van der Waals surface area contributed by atoms with Crippen LogP contribution in [0.4, 0.5) is 0 Å². The summed E-state index contributed by atoms with van der Waals surface area (Å²) in [6.45, 7) is 8.74. The first-order chi connectivity index (χ1) is 7.45. The molecule has 0 spiro atoms. The van der Waals surface area contributed by atoms with Crippen molar-refractivity contribution in [3.63, 3.8) is 0 Å². The lowest BCUT2D eigenvalue weighted by Gasteiger charge is -2.25. The number of aryl methyl sites for hydroxylation is 1. The maximum absolute atomic E-state index is 5.42. The summed E-state index contributed by atoms with van der Waals surface area (Å²) in [5, 5.41) is 0. The van der Waals surface area contributed by atoms with Crippen LogP contribution in [0.5, 0.6) is 0 Å². The molecule has 2 aromatic rings. The molecule has 0 aliphatic rings. The number of imidazole rings is 1. The largest absolute Gasteiger partial charge is 0.331 e. The Morgan fingerprint density at radius 1 is 1.38 bits per heavy atom. The lowest BCUT2D eigenvalue weighted by molar-refractivity contribution is 0.348. The fraction of sp³-hybridized carbons (Fsp3) is 0.462.